The van der Waals surface area contributed by atoms with E-state index >= 15 is 0 Å². The maximum Gasteiger partial charge on any atom is 0.261 e. The largest absolute Gasteiger partial charge is 0.279 e. The lowest BCUT2D eigenvalue weighted by atomic mass is 10.0. The number of hydrogen-bond acceptors (Lipinski definition) is 2. The fraction of sp³-hybridized carbons (Fsp3) is 0.111. The zero-order valence-electron chi connectivity index (χ0n) is 12.2. The third kappa shape index (κ3) is 2.48. The molecule has 0 aromatic heterocycles. The van der Waals surface area contributed by atoms with Crippen molar-refractivity contribution in [2.24, 2.45) is 0 Å². The summed E-state index contributed by atoms with van der Waals surface area (Å²) in [6.07, 6.45) is 2.02. The fourth-order valence-electron chi connectivity index (χ4n) is 3.17. The molecule has 0 saturated carbocycles. The Kier molecular flexibility index (Phi) is 3.32. The number of aryl methyl sites for hydroxylation is 2. The molecule has 0 saturated heterocycles. The summed E-state index contributed by atoms with van der Waals surface area (Å²) in [4.78, 5) is 0.160. The van der Waals surface area contributed by atoms with Gasteiger partial charge >= 0.3 is 0 Å². The van der Waals surface area contributed by atoms with Gasteiger partial charge in [0.05, 0.1) is 10.6 Å². The van der Waals surface area contributed by atoms with Gasteiger partial charge in [0.25, 0.3) is 10.0 Å². The van der Waals surface area contributed by atoms with Crippen LogP contribution >= 0.6 is 11.6 Å². The molecule has 116 valence electrons. The van der Waals surface area contributed by atoms with Crippen LogP contribution in [0.15, 0.2) is 59.5 Å². The Morgan fingerprint density at radius 1 is 0.913 bits per heavy atom. The summed E-state index contributed by atoms with van der Waals surface area (Å²) in [7, 11) is -3.67. The number of sulfonamides is 1. The summed E-state index contributed by atoms with van der Waals surface area (Å²) >= 11 is 5.91. The van der Waals surface area contributed by atoms with Crippen LogP contribution in [0.25, 0.3) is 10.8 Å². The predicted molar refractivity (Wildman–Crippen MR) is 93.6 cm³/mol. The second-order valence-electron chi connectivity index (χ2n) is 5.67. The second-order valence-corrected chi connectivity index (χ2v) is 7.79. The number of anilines is 1. The molecule has 1 aliphatic carbocycles. The van der Waals surface area contributed by atoms with E-state index in [-0.39, 0.29) is 4.90 Å². The topological polar surface area (TPSA) is 46.2 Å². The highest BCUT2D eigenvalue weighted by Gasteiger charge is 2.19. The van der Waals surface area contributed by atoms with Gasteiger partial charge in [-0.25, -0.2) is 8.42 Å². The van der Waals surface area contributed by atoms with Gasteiger partial charge in [-0.3, -0.25) is 4.72 Å². The highest BCUT2D eigenvalue weighted by Crippen LogP contribution is 2.35. The van der Waals surface area contributed by atoms with E-state index < -0.39 is 10.0 Å². The molecule has 0 bridgehead atoms. The maximum absolute atomic E-state index is 12.6. The molecule has 0 amide bonds. The first-order valence-corrected chi connectivity index (χ1v) is 9.22. The molecule has 0 aliphatic heterocycles. The van der Waals surface area contributed by atoms with E-state index in [1.807, 2.05) is 24.3 Å². The molecule has 3 nitrogen and oxygen atoms in total. The van der Waals surface area contributed by atoms with Crippen LogP contribution in [0.3, 0.4) is 0 Å². The molecule has 0 spiro atoms. The van der Waals surface area contributed by atoms with Crippen molar-refractivity contribution in [3.8, 4) is 0 Å². The summed E-state index contributed by atoms with van der Waals surface area (Å²) in [6.45, 7) is 0. The van der Waals surface area contributed by atoms with Crippen molar-refractivity contribution in [2.45, 2.75) is 17.7 Å². The number of halogens is 1. The SMILES string of the molecule is O=S(=O)(Nc1ccc2c3c(cccc13)CC2)c1cccc(Cl)c1. The Bertz CT molecular complexity index is 1020. The lowest BCUT2D eigenvalue weighted by molar-refractivity contribution is 0.601. The molecule has 1 aliphatic rings. The molecular weight excluding hydrogens is 330 g/mol. The lowest BCUT2D eigenvalue weighted by Gasteiger charge is -2.12. The Hall–Kier alpha value is -2.04. The third-order valence-corrected chi connectivity index (χ3v) is 5.83. The highest BCUT2D eigenvalue weighted by atomic mass is 35.5. The predicted octanol–water partition coefficient (Wildman–Crippen LogP) is 4.39. The van der Waals surface area contributed by atoms with E-state index in [9.17, 15) is 8.42 Å². The molecule has 23 heavy (non-hydrogen) atoms. The minimum atomic E-state index is -3.67. The first-order chi connectivity index (χ1) is 11.0. The second kappa shape index (κ2) is 5.25. The van der Waals surface area contributed by atoms with E-state index in [1.54, 1.807) is 12.1 Å². The van der Waals surface area contributed by atoms with Crippen molar-refractivity contribution in [1.82, 2.24) is 0 Å². The van der Waals surface area contributed by atoms with Crippen LogP contribution < -0.4 is 4.72 Å². The van der Waals surface area contributed by atoms with Crippen molar-refractivity contribution in [3.63, 3.8) is 0 Å². The average molecular weight is 344 g/mol. The summed E-state index contributed by atoms with van der Waals surface area (Å²) in [5.74, 6) is 0. The highest BCUT2D eigenvalue weighted by molar-refractivity contribution is 7.92. The molecule has 0 atom stereocenters. The van der Waals surface area contributed by atoms with Crippen LogP contribution in [0.1, 0.15) is 11.1 Å². The van der Waals surface area contributed by atoms with Crippen molar-refractivity contribution >= 4 is 38.1 Å². The molecule has 5 heteroatoms. The first-order valence-electron chi connectivity index (χ1n) is 7.36. The Balaban J connectivity index is 1.82. The average Bonchev–Trinajstić information content (AvgIpc) is 2.95. The van der Waals surface area contributed by atoms with E-state index in [4.69, 9.17) is 11.6 Å². The van der Waals surface area contributed by atoms with Crippen LogP contribution in [0.2, 0.25) is 5.02 Å². The molecule has 1 N–H and O–H groups in total. The van der Waals surface area contributed by atoms with Crippen molar-refractivity contribution in [2.75, 3.05) is 4.72 Å². The van der Waals surface area contributed by atoms with Gasteiger partial charge in [0, 0.05) is 10.4 Å². The van der Waals surface area contributed by atoms with E-state index in [2.05, 4.69) is 10.8 Å². The van der Waals surface area contributed by atoms with E-state index in [1.165, 1.54) is 28.6 Å². The van der Waals surface area contributed by atoms with Crippen LogP contribution in [-0.2, 0) is 22.9 Å². The molecule has 0 heterocycles. The van der Waals surface area contributed by atoms with E-state index in [0.717, 1.165) is 18.2 Å². The molecule has 3 aromatic rings. The number of hydrogen-bond donors (Lipinski definition) is 1. The van der Waals surface area contributed by atoms with Crippen LogP contribution in [0.5, 0.6) is 0 Å². The molecule has 3 aromatic carbocycles. The minimum absolute atomic E-state index is 0.160. The van der Waals surface area contributed by atoms with Gasteiger partial charge in [0.2, 0.25) is 0 Å². The van der Waals surface area contributed by atoms with Crippen LogP contribution in [-0.4, -0.2) is 8.42 Å². The summed E-state index contributed by atoms with van der Waals surface area (Å²) < 4.78 is 27.9. The molecule has 0 fully saturated rings. The zero-order valence-corrected chi connectivity index (χ0v) is 13.8. The Labute approximate surface area is 140 Å². The van der Waals surface area contributed by atoms with E-state index in [0.29, 0.717) is 10.7 Å². The quantitative estimate of drug-likeness (QED) is 0.766. The van der Waals surface area contributed by atoms with Gasteiger partial charge in [-0.05, 0) is 53.6 Å². The van der Waals surface area contributed by atoms with Crippen molar-refractivity contribution < 1.29 is 8.42 Å². The number of rotatable bonds is 3. The van der Waals surface area contributed by atoms with Gasteiger partial charge in [-0.15, -0.1) is 0 Å². The van der Waals surface area contributed by atoms with Gasteiger partial charge < -0.3 is 0 Å². The Morgan fingerprint density at radius 3 is 2.43 bits per heavy atom. The standard InChI is InChI=1S/C18H14ClNO2S/c19-14-4-2-5-15(11-14)23(21,22)20-17-10-9-13-8-7-12-3-1-6-16(17)18(12)13/h1-6,9-11,20H,7-8H2. The number of nitrogens with one attached hydrogen (secondary N) is 1. The lowest BCUT2D eigenvalue weighted by Crippen LogP contribution is -2.13. The zero-order chi connectivity index (χ0) is 16.0. The maximum atomic E-state index is 12.6. The normalized spacial score (nSPS) is 13.4. The first kappa shape index (κ1) is 14.5. The monoisotopic (exact) mass is 343 g/mol. The summed E-state index contributed by atoms with van der Waals surface area (Å²) in [5, 5.41) is 2.52. The minimum Gasteiger partial charge on any atom is -0.279 e. The van der Waals surface area contributed by atoms with Gasteiger partial charge in [0.1, 0.15) is 0 Å². The third-order valence-electron chi connectivity index (χ3n) is 4.23. The molecular formula is C18H14ClNO2S. The van der Waals surface area contributed by atoms with Gasteiger partial charge in [-0.2, -0.15) is 0 Å². The summed E-state index contributed by atoms with van der Waals surface area (Å²) in [6, 6.07) is 16.2. The van der Waals surface area contributed by atoms with Crippen LogP contribution in [0.4, 0.5) is 5.69 Å². The molecule has 4 rings (SSSR count). The van der Waals surface area contributed by atoms with Gasteiger partial charge in [0.15, 0.2) is 0 Å². The van der Waals surface area contributed by atoms with Crippen molar-refractivity contribution in [1.29, 1.82) is 0 Å². The van der Waals surface area contributed by atoms with Crippen LogP contribution in [0, 0.1) is 0 Å². The fourth-order valence-corrected chi connectivity index (χ4v) is 4.55. The molecule has 0 radical (unpaired) electrons. The smallest absolute Gasteiger partial charge is 0.261 e. The number of benzene rings is 3. The van der Waals surface area contributed by atoms with Gasteiger partial charge in [-0.1, -0.05) is 41.9 Å². The summed E-state index contributed by atoms with van der Waals surface area (Å²) in [5.41, 5.74) is 3.16. The Morgan fingerprint density at radius 2 is 1.65 bits per heavy atom. The molecule has 0 unspecified atom stereocenters. The van der Waals surface area contributed by atoms with Crippen molar-refractivity contribution in [3.05, 3.63) is 70.7 Å².